The summed E-state index contributed by atoms with van der Waals surface area (Å²) >= 11 is 3.35. The Balaban J connectivity index is 2.15. The Kier molecular flexibility index (Phi) is 4.18. The molecule has 0 unspecified atom stereocenters. The van der Waals surface area contributed by atoms with Crippen molar-refractivity contribution >= 4 is 38.6 Å². The van der Waals surface area contributed by atoms with Crippen molar-refractivity contribution < 1.29 is 4.79 Å². The van der Waals surface area contributed by atoms with E-state index in [4.69, 9.17) is 0 Å². The van der Waals surface area contributed by atoms with Gasteiger partial charge in [0, 0.05) is 11.0 Å². The standard InChI is InChI=1S/C12H13BrN4O2/c1-2-3-14-6-11(18)15-8-5-10-9(4-7(8)13)16-12(19)17-10/h2,4-5,14H,1,3,6H2,(H,15,18)(H2,16,17,19). The molecular weight excluding hydrogens is 312 g/mol. The fourth-order valence-electron chi connectivity index (χ4n) is 1.63. The van der Waals surface area contributed by atoms with Crippen LogP contribution in [-0.4, -0.2) is 29.0 Å². The molecule has 2 aromatic rings. The molecule has 0 radical (unpaired) electrons. The molecule has 1 aromatic carbocycles. The summed E-state index contributed by atoms with van der Waals surface area (Å²) in [5.41, 5.74) is 1.65. The number of imidazole rings is 1. The Morgan fingerprint density at radius 3 is 2.74 bits per heavy atom. The average Bonchev–Trinajstić information content (AvgIpc) is 2.69. The molecule has 0 aliphatic heterocycles. The third-order valence-electron chi connectivity index (χ3n) is 2.45. The van der Waals surface area contributed by atoms with Gasteiger partial charge in [-0.2, -0.15) is 0 Å². The molecule has 0 atom stereocenters. The van der Waals surface area contributed by atoms with Crippen molar-refractivity contribution in [2.75, 3.05) is 18.4 Å². The summed E-state index contributed by atoms with van der Waals surface area (Å²) in [6, 6.07) is 3.43. The van der Waals surface area contributed by atoms with Gasteiger partial charge in [-0.05, 0) is 28.1 Å². The summed E-state index contributed by atoms with van der Waals surface area (Å²) in [4.78, 5) is 28.1. The Bertz CT molecular complexity index is 674. The first-order valence-electron chi connectivity index (χ1n) is 5.63. The second kappa shape index (κ2) is 5.85. The quantitative estimate of drug-likeness (QED) is 0.494. The van der Waals surface area contributed by atoms with Crippen LogP contribution in [0.5, 0.6) is 0 Å². The lowest BCUT2D eigenvalue weighted by Crippen LogP contribution is -2.28. The predicted octanol–water partition coefficient (Wildman–Crippen LogP) is 1.33. The molecule has 0 spiro atoms. The Morgan fingerprint density at radius 2 is 2.05 bits per heavy atom. The van der Waals surface area contributed by atoms with Crippen LogP contribution in [0.25, 0.3) is 11.0 Å². The number of halogens is 1. The van der Waals surface area contributed by atoms with Gasteiger partial charge in [0.15, 0.2) is 0 Å². The van der Waals surface area contributed by atoms with Crippen LogP contribution >= 0.6 is 15.9 Å². The van der Waals surface area contributed by atoms with E-state index in [1.807, 2.05) is 0 Å². The van der Waals surface area contributed by atoms with Gasteiger partial charge in [0.1, 0.15) is 0 Å². The first-order valence-corrected chi connectivity index (χ1v) is 6.42. The van der Waals surface area contributed by atoms with Crippen molar-refractivity contribution in [3.8, 4) is 0 Å². The smallest absolute Gasteiger partial charge is 0.323 e. The van der Waals surface area contributed by atoms with E-state index in [0.717, 1.165) is 0 Å². The summed E-state index contributed by atoms with van der Waals surface area (Å²) in [7, 11) is 0. The molecule has 1 heterocycles. The second-order valence-electron chi connectivity index (χ2n) is 3.92. The number of nitrogens with one attached hydrogen (secondary N) is 4. The van der Waals surface area contributed by atoms with Crippen LogP contribution in [0.3, 0.4) is 0 Å². The van der Waals surface area contributed by atoms with E-state index < -0.39 is 0 Å². The largest absolute Gasteiger partial charge is 0.324 e. The maximum atomic E-state index is 11.7. The molecule has 1 aromatic heterocycles. The highest BCUT2D eigenvalue weighted by molar-refractivity contribution is 9.10. The van der Waals surface area contributed by atoms with Crippen molar-refractivity contribution in [1.82, 2.24) is 15.3 Å². The normalized spacial score (nSPS) is 10.6. The number of amides is 1. The van der Waals surface area contributed by atoms with Crippen LogP contribution in [0.2, 0.25) is 0 Å². The number of anilines is 1. The van der Waals surface area contributed by atoms with Gasteiger partial charge in [0.25, 0.3) is 0 Å². The third kappa shape index (κ3) is 3.33. The molecule has 7 heteroatoms. The Labute approximate surface area is 117 Å². The van der Waals surface area contributed by atoms with Gasteiger partial charge in [0.2, 0.25) is 5.91 Å². The van der Waals surface area contributed by atoms with Crippen molar-refractivity contribution in [3.63, 3.8) is 0 Å². The van der Waals surface area contributed by atoms with E-state index in [2.05, 4.69) is 43.1 Å². The van der Waals surface area contributed by atoms with Gasteiger partial charge >= 0.3 is 5.69 Å². The number of hydrogen-bond acceptors (Lipinski definition) is 3. The molecule has 0 aliphatic rings. The number of benzene rings is 1. The van der Waals surface area contributed by atoms with Gasteiger partial charge in [-0.25, -0.2) is 4.79 Å². The van der Waals surface area contributed by atoms with Crippen molar-refractivity contribution in [2.24, 2.45) is 0 Å². The maximum Gasteiger partial charge on any atom is 0.323 e. The fraction of sp³-hybridized carbons (Fsp3) is 0.167. The highest BCUT2D eigenvalue weighted by Gasteiger charge is 2.08. The lowest BCUT2D eigenvalue weighted by atomic mass is 10.2. The zero-order valence-electron chi connectivity index (χ0n) is 10.0. The third-order valence-corrected chi connectivity index (χ3v) is 3.11. The molecule has 6 nitrogen and oxygen atoms in total. The minimum Gasteiger partial charge on any atom is -0.324 e. The van der Waals surface area contributed by atoms with Crippen molar-refractivity contribution in [1.29, 1.82) is 0 Å². The Hall–Kier alpha value is -1.86. The van der Waals surface area contributed by atoms with Crippen LogP contribution in [0.4, 0.5) is 5.69 Å². The number of aromatic nitrogens is 2. The van der Waals surface area contributed by atoms with Gasteiger partial charge in [-0.1, -0.05) is 6.08 Å². The Morgan fingerprint density at radius 1 is 1.37 bits per heavy atom. The molecule has 4 N–H and O–H groups in total. The minimum absolute atomic E-state index is 0.167. The molecular formula is C12H13BrN4O2. The number of carbonyl (C=O) groups is 1. The van der Waals surface area contributed by atoms with Gasteiger partial charge < -0.3 is 20.6 Å². The molecule has 1 amide bonds. The van der Waals surface area contributed by atoms with E-state index in [0.29, 0.717) is 27.7 Å². The predicted molar refractivity (Wildman–Crippen MR) is 78.3 cm³/mol. The van der Waals surface area contributed by atoms with Crippen LogP contribution in [0, 0.1) is 0 Å². The first kappa shape index (κ1) is 13.6. The molecule has 19 heavy (non-hydrogen) atoms. The lowest BCUT2D eigenvalue weighted by Gasteiger charge is -2.07. The molecule has 0 saturated carbocycles. The van der Waals surface area contributed by atoms with E-state index in [1.165, 1.54) is 0 Å². The van der Waals surface area contributed by atoms with Gasteiger partial charge in [-0.3, -0.25) is 4.79 Å². The van der Waals surface area contributed by atoms with Crippen LogP contribution in [0.15, 0.2) is 34.1 Å². The zero-order valence-corrected chi connectivity index (χ0v) is 11.6. The number of aromatic amines is 2. The SMILES string of the molecule is C=CCNCC(=O)Nc1cc2[nH]c(=O)[nH]c2cc1Br. The number of hydrogen-bond donors (Lipinski definition) is 4. The number of H-pyrrole nitrogens is 2. The van der Waals surface area contributed by atoms with Gasteiger partial charge in [-0.15, -0.1) is 6.58 Å². The average molecular weight is 325 g/mol. The van der Waals surface area contributed by atoms with E-state index in [-0.39, 0.29) is 18.1 Å². The maximum absolute atomic E-state index is 11.7. The first-order chi connectivity index (χ1) is 9.10. The van der Waals surface area contributed by atoms with E-state index >= 15 is 0 Å². The second-order valence-corrected chi connectivity index (χ2v) is 4.78. The summed E-state index contributed by atoms with van der Waals surface area (Å²) < 4.78 is 0.701. The summed E-state index contributed by atoms with van der Waals surface area (Å²) in [6.45, 7) is 4.32. The summed E-state index contributed by atoms with van der Waals surface area (Å²) in [5, 5.41) is 5.66. The molecule has 0 aliphatic carbocycles. The van der Waals surface area contributed by atoms with Crippen LogP contribution in [-0.2, 0) is 4.79 Å². The highest BCUT2D eigenvalue weighted by atomic mass is 79.9. The van der Waals surface area contributed by atoms with Crippen molar-refractivity contribution in [3.05, 3.63) is 39.7 Å². The highest BCUT2D eigenvalue weighted by Crippen LogP contribution is 2.26. The number of fused-ring (bicyclic) bond motifs is 1. The molecule has 0 bridgehead atoms. The van der Waals surface area contributed by atoms with Crippen molar-refractivity contribution in [2.45, 2.75) is 0 Å². The van der Waals surface area contributed by atoms with E-state index in [1.54, 1.807) is 18.2 Å². The molecule has 0 saturated heterocycles. The van der Waals surface area contributed by atoms with E-state index in [9.17, 15) is 9.59 Å². The number of carbonyl (C=O) groups excluding carboxylic acids is 1. The molecule has 2 rings (SSSR count). The molecule has 100 valence electrons. The fourth-order valence-corrected chi connectivity index (χ4v) is 2.08. The monoisotopic (exact) mass is 324 g/mol. The summed E-state index contributed by atoms with van der Waals surface area (Å²) in [6.07, 6.45) is 1.68. The van der Waals surface area contributed by atoms with Gasteiger partial charge in [0.05, 0.1) is 23.3 Å². The summed E-state index contributed by atoms with van der Waals surface area (Å²) in [5.74, 6) is -0.167. The zero-order chi connectivity index (χ0) is 13.8. The van der Waals surface area contributed by atoms with Crippen LogP contribution < -0.4 is 16.3 Å². The minimum atomic E-state index is -0.280. The topological polar surface area (TPSA) is 89.8 Å². The van der Waals surface area contributed by atoms with Crippen LogP contribution in [0.1, 0.15) is 0 Å². The number of rotatable bonds is 5. The lowest BCUT2D eigenvalue weighted by molar-refractivity contribution is -0.115. The molecule has 0 fully saturated rings.